The molecular formula is C27H32Cl2N4O2. The third kappa shape index (κ3) is 4.61. The van der Waals surface area contributed by atoms with Crippen LogP contribution in [0.1, 0.15) is 51.2 Å². The second-order valence-electron chi connectivity index (χ2n) is 10.7. The molecule has 1 aromatic carbocycles. The van der Waals surface area contributed by atoms with E-state index in [1.807, 2.05) is 25.1 Å². The fourth-order valence-electron chi connectivity index (χ4n) is 6.07. The summed E-state index contributed by atoms with van der Waals surface area (Å²) >= 11 is 12.5. The molecule has 0 bridgehead atoms. The van der Waals surface area contributed by atoms with E-state index in [0.29, 0.717) is 21.5 Å². The first kappa shape index (κ1) is 23.4. The van der Waals surface area contributed by atoms with E-state index in [4.69, 9.17) is 37.4 Å². The molecule has 6 nitrogen and oxygen atoms in total. The number of likely N-dealkylation sites (tertiary alicyclic amines) is 1. The lowest BCUT2D eigenvalue weighted by atomic mass is 9.76. The highest BCUT2D eigenvalue weighted by Gasteiger charge is 2.40. The van der Waals surface area contributed by atoms with Crippen molar-refractivity contribution in [2.75, 3.05) is 31.1 Å². The van der Waals surface area contributed by atoms with Gasteiger partial charge in [0, 0.05) is 47.4 Å². The van der Waals surface area contributed by atoms with E-state index in [0.717, 1.165) is 53.7 Å². The van der Waals surface area contributed by atoms with Crippen LogP contribution in [0.2, 0.25) is 10.0 Å². The summed E-state index contributed by atoms with van der Waals surface area (Å²) in [5.74, 6) is 4.00. The Morgan fingerprint density at radius 3 is 2.71 bits per heavy atom. The lowest BCUT2D eigenvalue weighted by Crippen LogP contribution is -2.56. The van der Waals surface area contributed by atoms with Crippen LogP contribution in [-0.4, -0.2) is 47.3 Å². The van der Waals surface area contributed by atoms with Crippen LogP contribution < -0.4 is 9.64 Å². The highest BCUT2D eigenvalue weighted by molar-refractivity contribution is 6.35. The van der Waals surface area contributed by atoms with Gasteiger partial charge >= 0.3 is 0 Å². The topological polar surface area (TPSA) is 54.6 Å². The molecular weight excluding hydrogens is 483 g/mol. The second-order valence-corrected chi connectivity index (χ2v) is 11.6. The van der Waals surface area contributed by atoms with Crippen molar-refractivity contribution in [3.05, 3.63) is 46.1 Å². The number of nitrogens with zero attached hydrogens (tertiary/aromatic N) is 4. The summed E-state index contributed by atoms with van der Waals surface area (Å²) in [4.78, 5) is 9.85. The van der Waals surface area contributed by atoms with Crippen LogP contribution in [-0.2, 0) is 0 Å². The molecule has 0 amide bonds. The van der Waals surface area contributed by atoms with Crippen molar-refractivity contribution in [3.63, 3.8) is 0 Å². The maximum atomic E-state index is 6.42. The molecule has 3 aliphatic rings. The summed E-state index contributed by atoms with van der Waals surface area (Å²) in [5.41, 5.74) is 1.38. The maximum absolute atomic E-state index is 6.42. The van der Waals surface area contributed by atoms with Gasteiger partial charge in [0.2, 0.25) is 0 Å². The summed E-state index contributed by atoms with van der Waals surface area (Å²) in [6, 6.07) is 8.31. The molecule has 2 saturated heterocycles. The Hall–Kier alpha value is -2.02. The minimum absolute atomic E-state index is 0.264. The van der Waals surface area contributed by atoms with Crippen LogP contribution in [0, 0.1) is 17.8 Å². The highest BCUT2D eigenvalue weighted by Crippen LogP contribution is 2.40. The fourth-order valence-corrected chi connectivity index (χ4v) is 6.63. The van der Waals surface area contributed by atoms with Gasteiger partial charge in [-0.2, -0.15) is 4.98 Å². The number of ether oxygens (including phenoxy) is 1. The van der Waals surface area contributed by atoms with Crippen molar-refractivity contribution in [2.45, 2.75) is 51.7 Å². The lowest BCUT2D eigenvalue weighted by molar-refractivity contribution is 0.0295. The van der Waals surface area contributed by atoms with Crippen molar-refractivity contribution in [2.24, 2.45) is 17.8 Å². The van der Waals surface area contributed by atoms with Crippen LogP contribution in [0.25, 0.3) is 11.1 Å². The SMILES string of the molecule is CC1CC(N2CCCC(C3CN(c4cc(O[C@H](C)c5ccc(Cl)cc5Cl)c5cnoc5n4)C3)C2)C1. The zero-order valence-corrected chi connectivity index (χ0v) is 21.8. The molecule has 35 heavy (non-hydrogen) atoms. The molecule has 6 rings (SSSR count). The minimum Gasteiger partial charge on any atom is -0.485 e. The number of piperidine rings is 1. The molecule has 3 fully saturated rings. The molecule has 2 atom stereocenters. The smallest absolute Gasteiger partial charge is 0.263 e. The van der Waals surface area contributed by atoms with Gasteiger partial charge in [0.1, 0.15) is 23.1 Å². The summed E-state index contributed by atoms with van der Waals surface area (Å²) in [7, 11) is 0. The van der Waals surface area contributed by atoms with E-state index < -0.39 is 0 Å². The molecule has 2 aromatic heterocycles. The van der Waals surface area contributed by atoms with Crippen LogP contribution >= 0.6 is 23.2 Å². The molecule has 0 N–H and O–H groups in total. The van der Waals surface area contributed by atoms with Gasteiger partial charge in [-0.05, 0) is 69.0 Å². The van der Waals surface area contributed by atoms with Crippen LogP contribution in [0.15, 0.2) is 35.0 Å². The summed E-state index contributed by atoms with van der Waals surface area (Å²) in [6.45, 7) is 8.96. The van der Waals surface area contributed by atoms with Crippen LogP contribution in [0.4, 0.5) is 5.82 Å². The van der Waals surface area contributed by atoms with Gasteiger partial charge in [0.05, 0.1) is 6.20 Å². The number of aromatic nitrogens is 2. The van der Waals surface area contributed by atoms with E-state index in [2.05, 4.69) is 21.9 Å². The zero-order chi connectivity index (χ0) is 24.1. The number of hydrogen-bond acceptors (Lipinski definition) is 6. The quantitative estimate of drug-likeness (QED) is 0.368. The summed E-state index contributed by atoms with van der Waals surface area (Å²) < 4.78 is 11.8. The maximum Gasteiger partial charge on any atom is 0.263 e. The zero-order valence-electron chi connectivity index (χ0n) is 20.3. The number of hydrogen-bond donors (Lipinski definition) is 0. The van der Waals surface area contributed by atoms with Crippen molar-refractivity contribution in [1.29, 1.82) is 0 Å². The van der Waals surface area contributed by atoms with E-state index in [9.17, 15) is 0 Å². The van der Waals surface area contributed by atoms with Crippen molar-refractivity contribution < 1.29 is 9.26 Å². The largest absolute Gasteiger partial charge is 0.485 e. The van der Waals surface area contributed by atoms with Gasteiger partial charge < -0.3 is 19.1 Å². The first-order valence-corrected chi connectivity index (χ1v) is 13.6. The Kier molecular flexibility index (Phi) is 6.32. The molecule has 1 saturated carbocycles. The molecule has 0 spiro atoms. The van der Waals surface area contributed by atoms with Crippen molar-refractivity contribution in [1.82, 2.24) is 15.0 Å². The number of anilines is 1. The minimum atomic E-state index is -0.264. The standard InChI is InChI=1S/C27H32Cl2N4O2/c1-16-8-21(9-16)32-7-3-4-18(13-32)19-14-33(15-19)26-11-25(23-12-30-35-27(23)31-26)34-17(2)22-6-5-20(28)10-24(22)29/h5-6,10-12,16-19,21H,3-4,7-9,13-15H2,1-2H3/t16?,17-,18?,21?/m1/s1. The van der Waals surface area contributed by atoms with E-state index in [1.54, 1.807) is 12.3 Å². The number of fused-ring (bicyclic) bond motifs is 1. The summed E-state index contributed by atoms with van der Waals surface area (Å²) in [6.07, 6.45) is 6.84. The Balaban J connectivity index is 1.15. The molecule has 8 heteroatoms. The van der Waals surface area contributed by atoms with Gasteiger partial charge in [-0.3, -0.25) is 0 Å². The number of pyridine rings is 1. The van der Waals surface area contributed by atoms with Gasteiger partial charge in [-0.25, -0.2) is 0 Å². The Bertz CT molecular complexity index is 1210. The van der Waals surface area contributed by atoms with Gasteiger partial charge in [-0.15, -0.1) is 0 Å². The van der Waals surface area contributed by atoms with Crippen LogP contribution in [0.5, 0.6) is 5.75 Å². The average Bonchev–Trinajstić information content (AvgIpc) is 3.25. The first-order chi connectivity index (χ1) is 16.9. The second kappa shape index (κ2) is 9.45. The average molecular weight is 515 g/mol. The number of benzene rings is 1. The molecule has 186 valence electrons. The third-order valence-electron chi connectivity index (χ3n) is 8.25. The monoisotopic (exact) mass is 514 g/mol. The van der Waals surface area contributed by atoms with Gasteiger partial charge in [0.15, 0.2) is 0 Å². The number of halogens is 2. The highest BCUT2D eigenvalue weighted by atomic mass is 35.5. The Morgan fingerprint density at radius 1 is 1.11 bits per heavy atom. The summed E-state index contributed by atoms with van der Waals surface area (Å²) in [5, 5.41) is 5.92. The predicted octanol–water partition coefficient (Wildman–Crippen LogP) is 6.62. The molecule has 2 aliphatic heterocycles. The fraction of sp³-hybridized carbons (Fsp3) is 0.556. The Labute approximate surface area is 216 Å². The normalized spacial score (nSPS) is 26.4. The molecule has 1 aliphatic carbocycles. The van der Waals surface area contributed by atoms with Gasteiger partial charge in [0.25, 0.3) is 5.71 Å². The first-order valence-electron chi connectivity index (χ1n) is 12.8. The lowest BCUT2D eigenvalue weighted by Gasteiger charge is -2.50. The molecule has 0 radical (unpaired) electrons. The molecule has 1 unspecified atom stereocenters. The van der Waals surface area contributed by atoms with Crippen LogP contribution in [0.3, 0.4) is 0 Å². The molecule has 3 aromatic rings. The molecule has 4 heterocycles. The Morgan fingerprint density at radius 2 is 1.94 bits per heavy atom. The van der Waals surface area contributed by atoms with Gasteiger partial charge in [-0.1, -0.05) is 41.3 Å². The van der Waals surface area contributed by atoms with E-state index in [-0.39, 0.29) is 6.10 Å². The van der Waals surface area contributed by atoms with Crippen molar-refractivity contribution >= 4 is 40.1 Å². The third-order valence-corrected chi connectivity index (χ3v) is 8.81. The van der Waals surface area contributed by atoms with Crippen molar-refractivity contribution in [3.8, 4) is 5.75 Å². The number of rotatable bonds is 6. The predicted molar refractivity (Wildman–Crippen MR) is 139 cm³/mol. The van der Waals surface area contributed by atoms with E-state index >= 15 is 0 Å². The van der Waals surface area contributed by atoms with E-state index in [1.165, 1.54) is 38.8 Å².